The number of likely N-dealkylation sites (N-methyl/N-ethyl adjacent to an activating group) is 1. The van der Waals surface area contributed by atoms with Gasteiger partial charge in [0.05, 0.1) is 6.54 Å². The number of carbonyl (C=O) groups excluding carboxylic acids is 4. The van der Waals surface area contributed by atoms with Gasteiger partial charge in [0.1, 0.15) is 12.6 Å². The van der Waals surface area contributed by atoms with Gasteiger partial charge in [-0.2, -0.15) is 0 Å². The van der Waals surface area contributed by atoms with Crippen LogP contribution in [0.4, 0.5) is 4.79 Å². The van der Waals surface area contributed by atoms with Crippen molar-refractivity contribution < 1.29 is 28.7 Å². The SMILES string of the molecule is CN(CC(=O)NC(C)(C)C)C(=O)COC(=O)[C@H](Cc1ccccc1)NC(=O)OCc1ccccc1. The second-order valence-electron chi connectivity index (χ2n) is 9.10. The molecule has 0 spiro atoms. The minimum atomic E-state index is -1.07. The van der Waals surface area contributed by atoms with Gasteiger partial charge in [-0.25, -0.2) is 9.59 Å². The molecular formula is C26H33N3O6. The van der Waals surface area contributed by atoms with E-state index in [9.17, 15) is 19.2 Å². The first-order valence-corrected chi connectivity index (χ1v) is 11.3. The van der Waals surface area contributed by atoms with Crippen LogP contribution in [0, 0.1) is 0 Å². The molecule has 0 heterocycles. The Morgan fingerprint density at radius 3 is 2.03 bits per heavy atom. The summed E-state index contributed by atoms with van der Waals surface area (Å²) >= 11 is 0. The van der Waals surface area contributed by atoms with Gasteiger partial charge in [0.25, 0.3) is 5.91 Å². The lowest BCUT2D eigenvalue weighted by molar-refractivity contribution is -0.153. The number of nitrogens with zero attached hydrogens (tertiary/aromatic N) is 1. The summed E-state index contributed by atoms with van der Waals surface area (Å²) < 4.78 is 10.4. The van der Waals surface area contributed by atoms with E-state index in [2.05, 4.69) is 10.6 Å². The van der Waals surface area contributed by atoms with Gasteiger partial charge >= 0.3 is 12.1 Å². The number of carbonyl (C=O) groups is 4. The van der Waals surface area contributed by atoms with Crippen molar-refractivity contribution in [3.05, 3.63) is 71.8 Å². The quantitative estimate of drug-likeness (QED) is 0.502. The molecule has 9 nitrogen and oxygen atoms in total. The number of ether oxygens (including phenoxy) is 2. The third kappa shape index (κ3) is 10.7. The van der Waals surface area contributed by atoms with Crippen LogP contribution in [0.2, 0.25) is 0 Å². The lowest BCUT2D eigenvalue weighted by atomic mass is 10.1. The highest BCUT2D eigenvalue weighted by atomic mass is 16.6. The van der Waals surface area contributed by atoms with Crippen LogP contribution in [0.3, 0.4) is 0 Å². The minimum absolute atomic E-state index is 0.0414. The topological polar surface area (TPSA) is 114 Å². The van der Waals surface area contributed by atoms with E-state index in [1.165, 1.54) is 11.9 Å². The van der Waals surface area contributed by atoms with Crippen LogP contribution in [0.5, 0.6) is 0 Å². The maximum atomic E-state index is 12.8. The molecule has 0 aliphatic rings. The highest BCUT2D eigenvalue weighted by molar-refractivity contribution is 5.87. The Labute approximate surface area is 205 Å². The standard InChI is InChI=1S/C26H33N3O6/c1-26(2,3)28-22(30)16-29(4)23(31)18-34-24(32)21(15-19-11-7-5-8-12-19)27-25(33)35-17-20-13-9-6-10-14-20/h5-14,21H,15-18H2,1-4H3,(H,27,33)(H,28,30)/t21-/m0/s1. The molecule has 0 bridgehead atoms. The van der Waals surface area contributed by atoms with E-state index in [1.807, 2.05) is 81.4 Å². The first kappa shape index (κ1) is 27.4. The Balaban J connectivity index is 1.93. The van der Waals surface area contributed by atoms with Gasteiger partial charge in [-0.3, -0.25) is 9.59 Å². The van der Waals surface area contributed by atoms with Crippen LogP contribution in [0.1, 0.15) is 31.9 Å². The molecule has 0 aromatic heterocycles. The average Bonchev–Trinajstić information content (AvgIpc) is 2.80. The molecule has 2 rings (SSSR count). The highest BCUT2D eigenvalue weighted by Gasteiger charge is 2.25. The summed E-state index contributed by atoms with van der Waals surface area (Å²) in [4.78, 5) is 50.7. The minimum Gasteiger partial charge on any atom is -0.454 e. The highest BCUT2D eigenvalue weighted by Crippen LogP contribution is 2.07. The number of esters is 1. The third-order valence-electron chi connectivity index (χ3n) is 4.73. The number of hydrogen-bond acceptors (Lipinski definition) is 6. The van der Waals surface area contributed by atoms with Crippen molar-refractivity contribution in [3.63, 3.8) is 0 Å². The summed E-state index contributed by atoms with van der Waals surface area (Å²) in [6, 6.07) is 17.1. The van der Waals surface area contributed by atoms with Crippen LogP contribution in [0.25, 0.3) is 0 Å². The predicted molar refractivity (Wildman–Crippen MR) is 130 cm³/mol. The molecule has 2 N–H and O–H groups in total. The van der Waals surface area contributed by atoms with Gasteiger partial charge in [0.2, 0.25) is 5.91 Å². The molecule has 0 saturated heterocycles. The molecule has 2 aromatic carbocycles. The zero-order valence-corrected chi connectivity index (χ0v) is 20.6. The largest absolute Gasteiger partial charge is 0.454 e. The van der Waals surface area contributed by atoms with Crippen LogP contribution >= 0.6 is 0 Å². The maximum absolute atomic E-state index is 12.8. The molecule has 0 aliphatic carbocycles. The number of amides is 3. The first-order valence-electron chi connectivity index (χ1n) is 11.3. The van der Waals surface area contributed by atoms with Crippen LogP contribution in [-0.4, -0.2) is 60.6 Å². The number of benzene rings is 2. The van der Waals surface area contributed by atoms with Gasteiger partial charge in [-0.05, 0) is 31.9 Å². The van der Waals surface area contributed by atoms with E-state index >= 15 is 0 Å². The predicted octanol–water partition coefficient (Wildman–Crippen LogP) is 2.44. The van der Waals surface area contributed by atoms with Crippen molar-refractivity contribution in [1.29, 1.82) is 0 Å². The summed E-state index contributed by atoms with van der Waals surface area (Å²) in [6.07, 6.45) is -0.632. The summed E-state index contributed by atoms with van der Waals surface area (Å²) in [7, 11) is 1.44. The summed E-state index contributed by atoms with van der Waals surface area (Å²) in [5.74, 6) is -1.66. The number of rotatable bonds is 10. The van der Waals surface area contributed by atoms with Gasteiger partial charge in [0.15, 0.2) is 6.61 Å². The Kier molecular flexibility index (Phi) is 10.3. The Hall–Kier alpha value is -3.88. The second-order valence-corrected chi connectivity index (χ2v) is 9.10. The van der Waals surface area contributed by atoms with Gasteiger partial charge < -0.3 is 25.0 Å². The monoisotopic (exact) mass is 483 g/mol. The van der Waals surface area contributed by atoms with E-state index in [4.69, 9.17) is 9.47 Å². The Morgan fingerprint density at radius 1 is 0.886 bits per heavy atom. The number of hydrogen-bond donors (Lipinski definition) is 2. The number of alkyl carbamates (subject to hydrolysis) is 1. The fourth-order valence-corrected chi connectivity index (χ4v) is 3.06. The molecule has 0 aliphatic heterocycles. The molecule has 0 unspecified atom stereocenters. The van der Waals surface area contributed by atoms with E-state index in [-0.39, 0.29) is 25.5 Å². The van der Waals surface area contributed by atoms with Gasteiger partial charge in [-0.15, -0.1) is 0 Å². The van der Waals surface area contributed by atoms with Crippen molar-refractivity contribution in [3.8, 4) is 0 Å². The zero-order valence-electron chi connectivity index (χ0n) is 20.6. The maximum Gasteiger partial charge on any atom is 0.408 e. The molecule has 9 heteroatoms. The molecule has 0 radical (unpaired) electrons. The third-order valence-corrected chi connectivity index (χ3v) is 4.73. The average molecular weight is 484 g/mol. The van der Waals surface area contributed by atoms with Crippen LogP contribution in [0.15, 0.2) is 60.7 Å². The lowest BCUT2D eigenvalue weighted by Gasteiger charge is -2.23. The Morgan fingerprint density at radius 2 is 1.46 bits per heavy atom. The Bertz CT molecular complexity index is 989. The smallest absolute Gasteiger partial charge is 0.408 e. The van der Waals surface area contributed by atoms with Crippen molar-refractivity contribution in [2.75, 3.05) is 20.2 Å². The summed E-state index contributed by atoms with van der Waals surface area (Å²) in [6.45, 7) is 4.80. The van der Waals surface area contributed by atoms with Crippen molar-refractivity contribution in [2.45, 2.75) is 45.4 Å². The molecular weight excluding hydrogens is 450 g/mol. The van der Waals surface area contributed by atoms with Crippen LogP contribution < -0.4 is 10.6 Å². The lowest BCUT2D eigenvalue weighted by Crippen LogP contribution is -2.47. The molecule has 35 heavy (non-hydrogen) atoms. The molecule has 1 atom stereocenters. The second kappa shape index (κ2) is 13.1. The van der Waals surface area contributed by atoms with E-state index < -0.39 is 36.2 Å². The van der Waals surface area contributed by atoms with Crippen molar-refractivity contribution in [2.24, 2.45) is 0 Å². The molecule has 2 aromatic rings. The first-order chi connectivity index (χ1) is 16.5. The summed E-state index contributed by atoms with van der Waals surface area (Å²) in [5, 5.41) is 5.28. The van der Waals surface area contributed by atoms with Crippen molar-refractivity contribution >= 4 is 23.9 Å². The molecule has 3 amide bonds. The fourth-order valence-electron chi connectivity index (χ4n) is 3.06. The molecule has 0 fully saturated rings. The fraction of sp³-hybridized carbons (Fsp3) is 0.385. The molecule has 0 saturated carbocycles. The van der Waals surface area contributed by atoms with E-state index in [1.54, 1.807) is 0 Å². The van der Waals surface area contributed by atoms with Gasteiger partial charge in [0, 0.05) is 19.0 Å². The van der Waals surface area contributed by atoms with E-state index in [0.717, 1.165) is 11.1 Å². The summed E-state index contributed by atoms with van der Waals surface area (Å²) in [5.41, 5.74) is 1.16. The van der Waals surface area contributed by atoms with E-state index in [0.29, 0.717) is 0 Å². The number of nitrogens with one attached hydrogen (secondary N) is 2. The normalized spacial score (nSPS) is 11.7. The van der Waals surface area contributed by atoms with Crippen LogP contribution in [-0.2, 0) is 36.9 Å². The van der Waals surface area contributed by atoms with Gasteiger partial charge in [-0.1, -0.05) is 60.7 Å². The molecule has 188 valence electrons. The van der Waals surface area contributed by atoms with Crippen molar-refractivity contribution in [1.82, 2.24) is 15.5 Å². The zero-order chi connectivity index (χ0) is 25.8.